The Labute approximate surface area is 185 Å². The maximum atomic E-state index is 12.5. The van der Waals surface area contributed by atoms with Gasteiger partial charge in [-0.15, -0.1) is 0 Å². The Balaban J connectivity index is 1.35. The minimum absolute atomic E-state index is 0.0189. The predicted molar refractivity (Wildman–Crippen MR) is 117 cm³/mol. The maximum Gasteiger partial charge on any atom is 0.258 e. The summed E-state index contributed by atoms with van der Waals surface area (Å²) < 4.78 is 11.0. The molecule has 2 N–H and O–H groups in total. The molecule has 0 radical (unpaired) electrons. The molecule has 1 aliphatic carbocycles. The number of carbonyl (C=O) groups is 2. The van der Waals surface area contributed by atoms with Crippen molar-refractivity contribution in [1.82, 2.24) is 20.4 Å². The molecule has 1 saturated carbocycles. The Bertz CT molecular complexity index is 1080. The zero-order valence-corrected chi connectivity index (χ0v) is 17.9. The quantitative estimate of drug-likeness (QED) is 0.529. The molecule has 9 nitrogen and oxygen atoms in total. The Morgan fingerprint density at radius 3 is 2.69 bits per heavy atom. The normalized spacial score (nSPS) is 14.1. The topological polar surface area (TPSA) is 119 Å². The van der Waals surface area contributed by atoms with Crippen molar-refractivity contribution in [3.63, 3.8) is 0 Å². The smallest absolute Gasteiger partial charge is 0.258 e. The van der Waals surface area contributed by atoms with Crippen LogP contribution in [-0.4, -0.2) is 33.5 Å². The second-order valence-electron chi connectivity index (χ2n) is 8.06. The largest absolute Gasteiger partial charge is 0.484 e. The number of nitrogens with one attached hydrogen (secondary N) is 2. The molecular formula is C23H25N5O4. The monoisotopic (exact) mass is 435 g/mol. The zero-order chi connectivity index (χ0) is 22.5. The van der Waals surface area contributed by atoms with Gasteiger partial charge in [-0.2, -0.15) is 4.98 Å². The van der Waals surface area contributed by atoms with E-state index in [0.717, 1.165) is 18.4 Å². The van der Waals surface area contributed by atoms with Gasteiger partial charge in [0, 0.05) is 35.6 Å². The first-order valence-electron chi connectivity index (χ1n) is 10.6. The molecule has 1 aromatic carbocycles. The molecule has 1 aliphatic rings. The van der Waals surface area contributed by atoms with E-state index in [2.05, 4.69) is 25.8 Å². The van der Waals surface area contributed by atoms with Crippen molar-refractivity contribution >= 4 is 17.5 Å². The number of hydrogen-bond donors (Lipinski definition) is 2. The van der Waals surface area contributed by atoms with Crippen molar-refractivity contribution in [2.45, 2.75) is 32.7 Å². The lowest BCUT2D eigenvalue weighted by molar-refractivity contribution is -0.124. The Hall–Kier alpha value is -3.75. The highest BCUT2D eigenvalue weighted by atomic mass is 16.5. The molecule has 0 bridgehead atoms. The average molecular weight is 435 g/mol. The van der Waals surface area contributed by atoms with Gasteiger partial charge in [-0.1, -0.05) is 25.1 Å². The first-order valence-corrected chi connectivity index (χ1v) is 10.6. The second-order valence-corrected chi connectivity index (χ2v) is 8.06. The first kappa shape index (κ1) is 21.5. The van der Waals surface area contributed by atoms with Crippen LogP contribution in [0.3, 0.4) is 0 Å². The average Bonchev–Trinajstić information content (AvgIpc) is 3.54. The van der Waals surface area contributed by atoms with Crippen LogP contribution in [0.2, 0.25) is 0 Å². The zero-order valence-electron chi connectivity index (χ0n) is 17.9. The molecule has 2 heterocycles. The summed E-state index contributed by atoms with van der Waals surface area (Å²) in [6.07, 6.45) is 5.17. The van der Waals surface area contributed by atoms with E-state index in [1.54, 1.807) is 48.8 Å². The van der Waals surface area contributed by atoms with Crippen molar-refractivity contribution in [3.8, 4) is 17.1 Å². The van der Waals surface area contributed by atoms with Crippen molar-refractivity contribution in [2.24, 2.45) is 11.8 Å². The summed E-state index contributed by atoms with van der Waals surface area (Å²) >= 11 is 0. The summed E-state index contributed by atoms with van der Waals surface area (Å²) in [7, 11) is 0. The molecule has 1 atom stereocenters. The van der Waals surface area contributed by atoms with E-state index in [1.165, 1.54) is 0 Å². The van der Waals surface area contributed by atoms with E-state index in [1.807, 2.05) is 13.8 Å². The molecule has 32 heavy (non-hydrogen) atoms. The third-order valence-electron chi connectivity index (χ3n) is 5.05. The molecule has 0 aliphatic heterocycles. The van der Waals surface area contributed by atoms with Crippen LogP contribution in [0.15, 0.2) is 53.3 Å². The number of aromatic nitrogens is 3. The number of pyridine rings is 1. The van der Waals surface area contributed by atoms with Gasteiger partial charge in [-0.25, -0.2) is 0 Å². The van der Waals surface area contributed by atoms with Crippen molar-refractivity contribution in [3.05, 3.63) is 54.7 Å². The summed E-state index contributed by atoms with van der Waals surface area (Å²) in [5, 5.41) is 9.77. The molecular weight excluding hydrogens is 410 g/mol. The van der Waals surface area contributed by atoms with Crippen LogP contribution in [0.25, 0.3) is 11.4 Å². The second kappa shape index (κ2) is 9.59. The number of carbonyl (C=O) groups excluding carboxylic acids is 2. The lowest BCUT2D eigenvalue weighted by atomic mass is 10.0. The third-order valence-corrected chi connectivity index (χ3v) is 5.05. The third kappa shape index (κ3) is 5.48. The van der Waals surface area contributed by atoms with Crippen LogP contribution in [0.4, 0.5) is 5.69 Å². The van der Waals surface area contributed by atoms with Gasteiger partial charge in [-0.05, 0) is 43.0 Å². The molecule has 1 unspecified atom stereocenters. The molecule has 2 amide bonds. The molecule has 2 aromatic heterocycles. The van der Waals surface area contributed by atoms with Crippen LogP contribution in [-0.2, 0) is 9.59 Å². The molecule has 9 heteroatoms. The lowest BCUT2D eigenvalue weighted by Gasteiger charge is -2.18. The van der Waals surface area contributed by atoms with Crippen LogP contribution in [0.5, 0.6) is 5.75 Å². The summed E-state index contributed by atoms with van der Waals surface area (Å²) in [5.74, 6) is 1.08. The van der Waals surface area contributed by atoms with Gasteiger partial charge in [-0.3, -0.25) is 14.6 Å². The summed E-state index contributed by atoms with van der Waals surface area (Å²) in [6.45, 7) is 3.72. The van der Waals surface area contributed by atoms with Crippen LogP contribution in [0, 0.1) is 11.8 Å². The van der Waals surface area contributed by atoms with Crippen LogP contribution >= 0.6 is 0 Å². The van der Waals surface area contributed by atoms with Gasteiger partial charge < -0.3 is 19.9 Å². The van der Waals surface area contributed by atoms with E-state index < -0.39 is 6.04 Å². The van der Waals surface area contributed by atoms with Gasteiger partial charge >= 0.3 is 0 Å². The van der Waals surface area contributed by atoms with Gasteiger partial charge in [0.15, 0.2) is 6.61 Å². The van der Waals surface area contributed by atoms with E-state index in [4.69, 9.17) is 9.26 Å². The van der Waals surface area contributed by atoms with Gasteiger partial charge in [0.1, 0.15) is 11.8 Å². The predicted octanol–water partition coefficient (Wildman–Crippen LogP) is 3.37. The van der Waals surface area contributed by atoms with E-state index in [-0.39, 0.29) is 30.3 Å². The summed E-state index contributed by atoms with van der Waals surface area (Å²) in [5.41, 5.74) is 1.43. The molecule has 3 aromatic rings. The number of benzene rings is 1. The Kier molecular flexibility index (Phi) is 6.44. The maximum absolute atomic E-state index is 12.5. The number of amides is 2. The number of nitrogens with zero attached hydrogens (tertiary/aromatic N) is 3. The number of ether oxygens (including phenoxy) is 1. The molecule has 166 valence electrons. The minimum atomic E-state index is -0.460. The SMILES string of the molecule is CC(C)C(NC(=O)COc1cccc(NC(=O)C2CC2)c1)c1nc(-c2ccncc2)no1. The molecule has 0 spiro atoms. The van der Waals surface area contributed by atoms with E-state index in [0.29, 0.717) is 23.2 Å². The van der Waals surface area contributed by atoms with E-state index in [9.17, 15) is 9.59 Å². The van der Waals surface area contributed by atoms with E-state index >= 15 is 0 Å². The minimum Gasteiger partial charge on any atom is -0.484 e. The standard InChI is InChI=1S/C23H25N5O4/c1-14(2)20(23-27-21(28-32-23)15-8-10-24-11-9-15)26-19(29)13-31-18-5-3-4-17(12-18)25-22(30)16-6-7-16/h3-5,8-12,14,16,20H,6-7,13H2,1-2H3,(H,25,30)(H,26,29). The summed E-state index contributed by atoms with van der Waals surface area (Å²) in [4.78, 5) is 32.9. The number of rotatable bonds is 9. The first-order chi connectivity index (χ1) is 15.5. The Morgan fingerprint density at radius 1 is 1.19 bits per heavy atom. The Morgan fingerprint density at radius 2 is 1.97 bits per heavy atom. The van der Waals surface area contributed by atoms with Crippen molar-refractivity contribution in [1.29, 1.82) is 0 Å². The number of anilines is 1. The highest BCUT2D eigenvalue weighted by Crippen LogP contribution is 2.30. The summed E-state index contributed by atoms with van der Waals surface area (Å²) in [6, 6.07) is 10.1. The van der Waals surface area contributed by atoms with Gasteiger partial charge in [0.2, 0.25) is 17.6 Å². The lowest BCUT2D eigenvalue weighted by Crippen LogP contribution is -2.35. The van der Waals surface area contributed by atoms with Gasteiger partial charge in [0.25, 0.3) is 5.91 Å². The molecule has 4 rings (SSSR count). The highest BCUT2D eigenvalue weighted by molar-refractivity contribution is 5.94. The van der Waals surface area contributed by atoms with Crippen LogP contribution < -0.4 is 15.4 Å². The highest BCUT2D eigenvalue weighted by Gasteiger charge is 2.29. The number of hydrogen-bond acceptors (Lipinski definition) is 7. The molecule has 0 saturated heterocycles. The van der Waals surface area contributed by atoms with Crippen molar-refractivity contribution in [2.75, 3.05) is 11.9 Å². The molecule has 1 fully saturated rings. The van der Waals surface area contributed by atoms with Gasteiger partial charge in [0.05, 0.1) is 0 Å². The fourth-order valence-corrected chi connectivity index (χ4v) is 3.11. The van der Waals surface area contributed by atoms with Crippen molar-refractivity contribution < 1.29 is 18.8 Å². The fourth-order valence-electron chi connectivity index (χ4n) is 3.11. The fraction of sp³-hybridized carbons (Fsp3) is 0.348. The van der Waals surface area contributed by atoms with Crippen LogP contribution in [0.1, 0.15) is 38.6 Å².